The van der Waals surface area contributed by atoms with Crippen molar-refractivity contribution < 1.29 is 9.59 Å². The van der Waals surface area contributed by atoms with Gasteiger partial charge in [0.15, 0.2) is 0 Å². The van der Waals surface area contributed by atoms with Gasteiger partial charge in [0.1, 0.15) is 11.9 Å². The fraction of sp³-hybridized carbons (Fsp3) is 0.316. The number of carbonyl (C=O) groups excluding carboxylic acids is 2. The van der Waals surface area contributed by atoms with Crippen LogP contribution in [-0.4, -0.2) is 54.0 Å². The van der Waals surface area contributed by atoms with Gasteiger partial charge in [-0.2, -0.15) is 0 Å². The second-order valence-corrected chi connectivity index (χ2v) is 6.19. The van der Waals surface area contributed by atoms with Crippen LogP contribution in [0.1, 0.15) is 6.92 Å². The van der Waals surface area contributed by atoms with Gasteiger partial charge in [-0.05, 0) is 31.2 Å². The molecule has 3 amide bonds. The Labute approximate surface area is 153 Å². The van der Waals surface area contributed by atoms with E-state index in [1.165, 1.54) is 0 Å². The highest BCUT2D eigenvalue weighted by atomic mass is 16.2. The molecule has 0 radical (unpaired) electrons. The van der Waals surface area contributed by atoms with Gasteiger partial charge in [-0.1, -0.05) is 24.3 Å². The van der Waals surface area contributed by atoms with Crippen molar-refractivity contribution in [3.8, 4) is 0 Å². The van der Waals surface area contributed by atoms with Gasteiger partial charge in [0.05, 0.1) is 0 Å². The summed E-state index contributed by atoms with van der Waals surface area (Å²) in [4.78, 5) is 32.6. The van der Waals surface area contributed by atoms with Gasteiger partial charge in [0.2, 0.25) is 5.91 Å². The van der Waals surface area contributed by atoms with Gasteiger partial charge in [-0.3, -0.25) is 4.79 Å². The largest absolute Gasteiger partial charge is 0.368 e. The zero-order valence-corrected chi connectivity index (χ0v) is 14.8. The molecule has 1 saturated heterocycles. The van der Waals surface area contributed by atoms with E-state index in [0.29, 0.717) is 18.9 Å². The summed E-state index contributed by atoms with van der Waals surface area (Å²) in [5.74, 6) is 0.176. The van der Waals surface area contributed by atoms with Crippen LogP contribution in [0.4, 0.5) is 16.3 Å². The number of nitrogens with one attached hydrogen (secondary N) is 2. The van der Waals surface area contributed by atoms with E-state index in [2.05, 4.69) is 32.7 Å². The minimum atomic E-state index is -0.642. The molecule has 2 aromatic rings. The van der Waals surface area contributed by atoms with E-state index < -0.39 is 6.04 Å². The molecular formula is C19H23N5O2. The van der Waals surface area contributed by atoms with E-state index in [1.807, 2.05) is 18.2 Å². The molecule has 1 atom stereocenters. The van der Waals surface area contributed by atoms with Crippen LogP contribution in [0.2, 0.25) is 0 Å². The normalized spacial score (nSPS) is 15.3. The van der Waals surface area contributed by atoms with Crippen molar-refractivity contribution in [2.75, 3.05) is 36.4 Å². The molecule has 1 fully saturated rings. The smallest absolute Gasteiger partial charge is 0.318 e. The van der Waals surface area contributed by atoms with Gasteiger partial charge < -0.3 is 20.4 Å². The number of urea groups is 1. The van der Waals surface area contributed by atoms with Gasteiger partial charge in [-0.15, -0.1) is 0 Å². The molecule has 0 saturated carbocycles. The first-order valence-electron chi connectivity index (χ1n) is 8.71. The number of carbonyl (C=O) groups is 2. The van der Waals surface area contributed by atoms with Crippen LogP contribution >= 0.6 is 0 Å². The van der Waals surface area contributed by atoms with Crippen LogP contribution < -0.4 is 15.5 Å². The predicted molar refractivity (Wildman–Crippen MR) is 101 cm³/mol. The first kappa shape index (κ1) is 17.7. The average Bonchev–Trinajstić information content (AvgIpc) is 2.69. The number of pyridine rings is 1. The standard InChI is InChI=1S/C19H23N5O2/c1-15(18(25)22-17-9-5-6-10-20-17)21-19(26)24-13-11-23(12-14-24)16-7-3-2-4-8-16/h2-10,15H,11-14H2,1H3,(H,21,26)(H,20,22,25). The summed E-state index contributed by atoms with van der Waals surface area (Å²) >= 11 is 0. The Balaban J connectivity index is 1.47. The molecule has 1 aliphatic rings. The number of para-hydroxylation sites is 1. The Morgan fingerprint density at radius 1 is 1.00 bits per heavy atom. The quantitative estimate of drug-likeness (QED) is 0.881. The van der Waals surface area contributed by atoms with Crippen molar-refractivity contribution in [3.05, 3.63) is 54.7 Å². The van der Waals surface area contributed by atoms with E-state index in [4.69, 9.17) is 0 Å². The molecule has 0 aliphatic carbocycles. The number of hydrogen-bond donors (Lipinski definition) is 2. The Kier molecular flexibility index (Phi) is 5.68. The highest BCUT2D eigenvalue weighted by Gasteiger charge is 2.24. The molecular weight excluding hydrogens is 330 g/mol. The zero-order valence-electron chi connectivity index (χ0n) is 14.8. The van der Waals surface area contributed by atoms with Gasteiger partial charge >= 0.3 is 6.03 Å². The third kappa shape index (κ3) is 4.50. The lowest BCUT2D eigenvalue weighted by Gasteiger charge is -2.36. The third-order valence-electron chi connectivity index (χ3n) is 4.34. The highest BCUT2D eigenvalue weighted by Crippen LogP contribution is 2.15. The molecule has 2 heterocycles. The van der Waals surface area contributed by atoms with Crippen molar-refractivity contribution in [1.82, 2.24) is 15.2 Å². The lowest BCUT2D eigenvalue weighted by Crippen LogP contribution is -2.54. The molecule has 136 valence electrons. The Bertz CT molecular complexity index is 730. The summed E-state index contributed by atoms with van der Waals surface area (Å²) < 4.78 is 0. The van der Waals surface area contributed by atoms with Gasteiger partial charge in [0, 0.05) is 38.1 Å². The molecule has 7 heteroatoms. The molecule has 2 N–H and O–H groups in total. The van der Waals surface area contributed by atoms with Crippen LogP contribution in [0, 0.1) is 0 Å². The van der Waals surface area contributed by atoms with Crippen molar-refractivity contribution in [1.29, 1.82) is 0 Å². The maximum absolute atomic E-state index is 12.4. The number of amides is 3. The van der Waals surface area contributed by atoms with Crippen LogP contribution in [0.25, 0.3) is 0 Å². The van der Waals surface area contributed by atoms with Crippen LogP contribution in [0.15, 0.2) is 54.7 Å². The van der Waals surface area contributed by atoms with E-state index in [-0.39, 0.29) is 11.9 Å². The maximum Gasteiger partial charge on any atom is 0.318 e. The Morgan fingerprint density at radius 3 is 2.35 bits per heavy atom. The topological polar surface area (TPSA) is 77.6 Å². The molecule has 26 heavy (non-hydrogen) atoms. The Hall–Kier alpha value is -3.09. The summed E-state index contributed by atoms with van der Waals surface area (Å²) in [6, 6.07) is 14.6. The number of rotatable bonds is 4. The fourth-order valence-corrected chi connectivity index (χ4v) is 2.82. The molecule has 1 unspecified atom stereocenters. The molecule has 1 aromatic carbocycles. The van der Waals surface area contributed by atoms with Crippen LogP contribution in [0.5, 0.6) is 0 Å². The summed E-state index contributed by atoms with van der Waals surface area (Å²) in [6.45, 7) is 4.44. The fourth-order valence-electron chi connectivity index (χ4n) is 2.82. The highest BCUT2D eigenvalue weighted by molar-refractivity contribution is 5.96. The molecule has 3 rings (SSSR count). The lowest BCUT2D eigenvalue weighted by atomic mass is 10.2. The number of benzene rings is 1. The van der Waals surface area contributed by atoms with Crippen LogP contribution in [0.3, 0.4) is 0 Å². The summed E-state index contributed by atoms with van der Waals surface area (Å²) in [5.41, 5.74) is 1.16. The Morgan fingerprint density at radius 2 is 1.69 bits per heavy atom. The van der Waals surface area contributed by atoms with Crippen LogP contribution in [-0.2, 0) is 4.79 Å². The zero-order chi connectivity index (χ0) is 18.4. The minimum absolute atomic E-state index is 0.221. The molecule has 1 aromatic heterocycles. The minimum Gasteiger partial charge on any atom is -0.368 e. The van der Waals surface area contributed by atoms with Gasteiger partial charge in [-0.25, -0.2) is 9.78 Å². The second-order valence-electron chi connectivity index (χ2n) is 6.19. The average molecular weight is 353 g/mol. The summed E-state index contributed by atoms with van der Waals surface area (Å²) in [5, 5.41) is 5.44. The van der Waals surface area contributed by atoms with Crippen molar-refractivity contribution >= 4 is 23.4 Å². The molecule has 0 bridgehead atoms. The van der Waals surface area contributed by atoms with Gasteiger partial charge in [0.25, 0.3) is 0 Å². The number of anilines is 2. The van der Waals surface area contributed by atoms with E-state index in [1.54, 1.807) is 36.2 Å². The third-order valence-corrected chi connectivity index (χ3v) is 4.34. The SMILES string of the molecule is CC(NC(=O)N1CCN(c2ccccc2)CC1)C(=O)Nc1ccccn1. The number of nitrogens with zero attached hydrogens (tertiary/aromatic N) is 3. The van der Waals surface area contributed by atoms with E-state index in [0.717, 1.165) is 18.8 Å². The number of aromatic nitrogens is 1. The first-order chi connectivity index (χ1) is 12.6. The predicted octanol–water partition coefficient (Wildman–Crippen LogP) is 1.94. The number of hydrogen-bond acceptors (Lipinski definition) is 4. The first-order valence-corrected chi connectivity index (χ1v) is 8.71. The van der Waals surface area contributed by atoms with Crippen molar-refractivity contribution in [3.63, 3.8) is 0 Å². The van der Waals surface area contributed by atoms with Crippen molar-refractivity contribution in [2.45, 2.75) is 13.0 Å². The van der Waals surface area contributed by atoms with Crippen molar-refractivity contribution in [2.24, 2.45) is 0 Å². The van der Waals surface area contributed by atoms with E-state index >= 15 is 0 Å². The summed E-state index contributed by atoms with van der Waals surface area (Å²) in [7, 11) is 0. The molecule has 7 nitrogen and oxygen atoms in total. The lowest BCUT2D eigenvalue weighted by molar-refractivity contribution is -0.117. The second kappa shape index (κ2) is 8.33. The maximum atomic E-state index is 12.4. The number of piperazine rings is 1. The molecule has 1 aliphatic heterocycles. The molecule has 0 spiro atoms. The summed E-state index contributed by atoms with van der Waals surface area (Å²) in [6.07, 6.45) is 1.60. The van der Waals surface area contributed by atoms with E-state index in [9.17, 15) is 9.59 Å². The monoisotopic (exact) mass is 353 g/mol.